The Labute approximate surface area is 127 Å². The molecule has 2 rings (SSSR count). The smallest absolute Gasteiger partial charge is 0.236 e. The van der Waals surface area contributed by atoms with Crippen LogP contribution in [0.1, 0.15) is 16.1 Å². The summed E-state index contributed by atoms with van der Waals surface area (Å²) in [5.41, 5.74) is -0.0343. The van der Waals surface area contributed by atoms with Gasteiger partial charge in [-0.1, -0.05) is 0 Å². The maximum atomic E-state index is 11.9. The van der Waals surface area contributed by atoms with E-state index in [9.17, 15) is 26.7 Å². The van der Waals surface area contributed by atoms with E-state index in [1.54, 1.807) is 0 Å². The van der Waals surface area contributed by atoms with Crippen molar-refractivity contribution >= 4 is 42.6 Å². The number of hydrogen-bond donors (Lipinski definition) is 1. The molecule has 120 valence electrons. The third kappa shape index (κ3) is 2.92. The quantitative estimate of drug-likeness (QED) is 0.796. The van der Waals surface area contributed by atoms with E-state index in [4.69, 9.17) is 0 Å². The van der Waals surface area contributed by atoms with Gasteiger partial charge < -0.3 is 9.90 Å². The summed E-state index contributed by atoms with van der Waals surface area (Å²) >= 11 is 0. The zero-order chi connectivity index (χ0) is 16.9. The number of nitrogens with zero attached hydrogens (tertiary/aromatic N) is 1. The van der Waals surface area contributed by atoms with Gasteiger partial charge in [0.15, 0.2) is 0 Å². The molecule has 0 aliphatic carbocycles. The number of carboxylic acids is 1. The van der Waals surface area contributed by atoms with Gasteiger partial charge in [0.1, 0.15) is 0 Å². The average Bonchev–Trinajstić information content (AvgIpc) is 2.57. The molecule has 0 amide bonds. The minimum atomic E-state index is -3.73. The van der Waals surface area contributed by atoms with E-state index in [-0.39, 0.29) is 27.8 Å². The van der Waals surface area contributed by atoms with Gasteiger partial charge in [0.05, 0.1) is 24.0 Å². The summed E-state index contributed by atoms with van der Waals surface area (Å²) in [7, 11) is -7.28. The molecule has 1 aromatic heterocycles. The molecular weight excluding hydrogens is 332 g/mol. The molecule has 0 radical (unpaired) electrons. The maximum absolute atomic E-state index is 11.9. The summed E-state index contributed by atoms with van der Waals surface area (Å²) in [6.07, 6.45) is 1.89. The highest BCUT2D eigenvalue weighted by atomic mass is 32.2. The first-order chi connectivity index (χ1) is 9.92. The second-order valence-corrected chi connectivity index (χ2v) is 8.46. The minimum absolute atomic E-state index is 0.00555. The minimum Gasteiger partial charge on any atom is -0.545 e. The SMILES string of the molecule is Cc1c(C(=O)[O-])c2cc(NS(C)(=O)=O)ccc2n1S(C)(=O)=O. The van der Waals surface area contributed by atoms with Crippen molar-refractivity contribution in [2.45, 2.75) is 6.92 Å². The molecule has 1 N–H and O–H groups in total. The molecule has 8 nitrogen and oxygen atoms in total. The number of hydrogen-bond acceptors (Lipinski definition) is 6. The molecule has 0 aliphatic rings. The van der Waals surface area contributed by atoms with E-state index in [2.05, 4.69) is 4.72 Å². The Bertz CT molecular complexity index is 986. The summed E-state index contributed by atoms with van der Waals surface area (Å²) in [5, 5.41) is 11.4. The van der Waals surface area contributed by atoms with Crippen LogP contribution in [0.25, 0.3) is 10.9 Å². The van der Waals surface area contributed by atoms with E-state index in [1.165, 1.54) is 25.1 Å². The standard InChI is InChI=1S/C12H14N2O6S2/c1-7-11(12(15)16)9-6-8(13-21(2,17)18)4-5-10(9)14(7)22(3,19)20/h4-6,13H,1-3H3,(H,15,16)/p-1. The van der Waals surface area contributed by atoms with E-state index in [1.807, 2.05) is 0 Å². The number of nitrogens with one attached hydrogen (secondary N) is 1. The lowest BCUT2D eigenvalue weighted by molar-refractivity contribution is -0.254. The van der Waals surface area contributed by atoms with E-state index >= 15 is 0 Å². The summed E-state index contributed by atoms with van der Waals surface area (Å²) in [6.45, 7) is 1.34. The van der Waals surface area contributed by atoms with Crippen LogP contribution in [0.4, 0.5) is 5.69 Å². The topological polar surface area (TPSA) is 125 Å². The van der Waals surface area contributed by atoms with Gasteiger partial charge in [-0.3, -0.25) is 4.72 Å². The van der Waals surface area contributed by atoms with Crippen LogP contribution in [-0.4, -0.2) is 39.3 Å². The molecule has 0 bridgehead atoms. The lowest BCUT2D eigenvalue weighted by atomic mass is 10.1. The van der Waals surface area contributed by atoms with E-state index in [0.717, 1.165) is 16.5 Å². The van der Waals surface area contributed by atoms with Gasteiger partial charge in [0, 0.05) is 22.3 Å². The number of carbonyl (C=O) groups excluding carboxylic acids is 1. The molecule has 22 heavy (non-hydrogen) atoms. The van der Waals surface area contributed by atoms with Crippen LogP contribution in [0.2, 0.25) is 0 Å². The third-order valence-electron chi connectivity index (χ3n) is 2.99. The number of anilines is 1. The van der Waals surface area contributed by atoms with Gasteiger partial charge in [-0.25, -0.2) is 20.8 Å². The molecule has 0 aliphatic heterocycles. The zero-order valence-electron chi connectivity index (χ0n) is 11.9. The van der Waals surface area contributed by atoms with Crippen molar-refractivity contribution in [1.29, 1.82) is 0 Å². The lowest BCUT2D eigenvalue weighted by Crippen LogP contribution is -2.23. The van der Waals surface area contributed by atoms with Gasteiger partial charge >= 0.3 is 0 Å². The number of fused-ring (bicyclic) bond motifs is 1. The predicted molar refractivity (Wildman–Crippen MR) is 79.7 cm³/mol. The molecule has 0 saturated heterocycles. The Morgan fingerprint density at radius 2 is 1.77 bits per heavy atom. The highest BCUT2D eigenvalue weighted by Crippen LogP contribution is 2.29. The molecule has 0 saturated carbocycles. The fraction of sp³-hybridized carbons (Fsp3) is 0.250. The van der Waals surface area contributed by atoms with Gasteiger partial charge in [-0.05, 0) is 25.1 Å². The van der Waals surface area contributed by atoms with Crippen LogP contribution in [0.5, 0.6) is 0 Å². The van der Waals surface area contributed by atoms with Crippen molar-refractivity contribution in [3.8, 4) is 0 Å². The van der Waals surface area contributed by atoms with E-state index in [0.29, 0.717) is 0 Å². The largest absolute Gasteiger partial charge is 0.545 e. The number of benzene rings is 1. The first kappa shape index (κ1) is 16.3. The highest BCUT2D eigenvalue weighted by Gasteiger charge is 2.21. The number of carbonyl (C=O) groups is 1. The summed E-state index contributed by atoms with van der Waals surface area (Å²) in [6, 6.07) is 3.95. The number of sulfonamides is 1. The molecule has 0 spiro atoms. The van der Waals surface area contributed by atoms with Crippen LogP contribution in [0.3, 0.4) is 0 Å². The van der Waals surface area contributed by atoms with Gasteiger partial charge in [-0.15, -0.1) is 0 Å². The first-order valence-corrected chi connectivity index (χ1v) is 9.70. The van der Waals surface area contributed by atoms with Crippen molar-refractivity contribution in [3.63, 3.8) is 0 Å². The Hall–Kier alpha value is -2.07. The highest BCUT2D eigenvalue weighted by molar-refractivity contribution is 7.92. The molecule has 0 unspecified atom stereocenters. The van der Waals surface area contributed by atoms with Crippen molar-refractivity contribution < 1.29 is 26.7 Å². The lowest BCUT2D eigenvalue weighted by Gasteiger charge is -2.06. The normalized spacial score (nSPS) is 12.5. The number of rotatable bonds is 4. The molecule has 0 atom stereocenters. The maximum Gasteiger partial charge on any atom is 0.236 e. The van der Waals surface area contributed by atoms with Crippen LogP contribution >= 0.6 is 0 Å². The van der Waals surface area contributed by atoms with Crippen LogP contribution in [-0.2, 0) is 20.0 Å². The summed E-state index contributed by atoms with van der Waals surface area (Å²) in [4.78, 5) is 11.3. The number of carboxylic acid groups (broad SMARTS) is 1. The molecule has 0 fully saturated rings. The molecule has 1 heterocycles. The third-order valence-corrected chi connectivity index (χ3v) is 4.73. The first-order valence-electron chi connectivity index (χ1n) is 5.96. The molecular formula is C12H13N2O6S2-. The molecule has 10 heteroatoms. The fourth-order valence-electron chi connectivity index (χ4n) is 2.35. The second-order valence-electron chi connectivity index (χ2n) is 4.88. The Morgan fingerprint density at radius 3 is 2.23 bits per heavy atom. The van der Waals surface area contributed by atoms with Crippen molar-refractivity contribution in [3.05, 3.63) is 29.5 Å². The van der Waals surface area contributed by atoms with Crippen LogP contribution in [0.15, 0.2) is 18.2 Å². The monoisotopic (exact) mass is 345 g/mol. The van der Waals surface area contributed by atoms with Crippen LogP contribution in [0, 0.1) is 6.92 Å². The Morgan fingerprint density at radius 1 is 1.18 bits per heavy atom. The van der Waals surface area contributed by atoms with Crippen LogP contribution < -0.4 is 9.83 Å². The van der Waals surface area contributed by atoms with Gasteiger partial charge in [-0.2, -0.15) is 0 Å². The Kier molecular flexibility index (Phi) is 3.70. The molecule has 2 aromatic rings. The fourth-order valence-corrected chi connectivity index (χ4v) is 4.01. The van der Waals surface area contributed by atoms with Gasteiger partial charge in [0.2, 0.25) is 20.0 Å². The van der Waals surface area contributed by atoms with Crippen molar-refractivity contribution in [1.82, 2.24) is 3.97 Å². The summed E-state index contributed by atoms with van der Waals surface area (Å²) in [5.74, 6) is -1.54. The molecule has 1 aromatic carbocycles. The zero-order valence-corrected chi connectivity index (χ0v) is 13.6. The number of aromatic nitrogens is 1. The summed E-state index contributed by atoms with van der Waals surface area (Å²) < 4.78 is 49.3. The second kappa shape index (κ2) is 4.99. The van der Waals surface area contributed by atoms with Gasteiger partial charge in [0.25, 0.3) is 0 Å². The van der Waals surface area contributed by atoms with E-state index < -0.39 is 26.0 Å². The number of aromatic carboxylic acids is 1. The van der Waals surface area contributed by atoms with Crippen molar-refractivity contribution in [2.75, 3.05) is 17.2 Å². The average molecular weight is 345 g/mol. The van der Waals surface area contributed by atoms with Crippen molar-refractivity contribution in [2.24, 2.45) is 0 Å². The Balaban J connectivity index is 2.88. The predicted octanol–water partition coefficient (Wildman–Crippen LogP) is -0.508.